The Morgan fingerprint density at radius 2 is 2.29 bits per heavy atom. The molecule has 0 aliphatic carbocycles. The monoisotopic (exact) mass is 246 g/mol. The number of thiazole rings is 1. The van der Waals surface area contributed by atoms with Gasteiger partial charge in [0.05, 0.1) is 5.69 Å². The number of fused-ring (bicyclic) bond motifs is 1. The standard InChI is InChI=1S/C12H14N4S/c13-12-15-9(8-17-12)4-5-11-14-7-10-3-1-2-6-16(10)11/h4-5,7-8H,1-3,6H2,(H2,13,15). The molecule has 0 unspecified atom stereocenters. The van der Waals surface area contributed by atoms with Crippen molar-refractivity contribution in [3.63, 3.8) is 0 Å². The van der Waals surface area contributed by atoms with Crippen molar-refractivity contribution in [2.24, 2.45) is 0 Å². The summed E-state index contributed by atoms with van der Waals surface area (Å²) in [5.74, 6) is 1.02. The van der Waals surface area contributed by atoms with E-state index in [9.17, 15) is 0 Å². The number of hydrogen-bond acceptors (Lipinski definition) is 4. The molecule has 2 aromatic rings. The summed E-state index contributed by atoms with van der Waals surface area (Å²) in [7, 11) is 0. The highest BCUT2D eigenvalue weighted by molar-refractivity contribution is 7.13. The summed E-state index contributed by atoms with van der Waals surface area (Å²) >= 11 is 1.46. The number of imidazole rings is 1. The highest BCUT2D eigenvalue weighted by Gasteiger charge is 2.11. The predicted molar refractivity (Wildman–Crippen MR) is 70.6 cm³/mol. The molecule has 2 aromatic heterocycles. The van der Waals surface area contributed by atoms with E-state index in [0.717, 1.165) is 24.5 Å². The van der Waals surface area contributed by atoms with Gasteiger partial charge in [-0.2, -0.15) is 0 Å². The van der Waals surface area contributed by atoms with E-state index in [0.29, 0.717) is 5.13 Å². The summed E-state index contributed by atoms with van der Waals surface area (Å²) < 4.78 is 2.29. The lowest BCUT2D eigenvalue weighted by atomic mass is 10.1. The largest absolute Gasteiger partial charge is 0.375 e. The zero-order valence-electron chi connectivity index (χ0n) is 9.47. The number of nitrogen functional groups attached to an aromatic ring is 1. The zero-order valence-corrected chi connectivity index (χ0v) is 10.3. The smallest absolute Gasteiger partial charge is 0.180 e. The summed E-state index contributed by atoms with van der Waals surface area (Å²) in [6, 6.07) is 0. The van der Waals surface area contributed by atoms with E-state index in [2.05, 4.69) is 14.5 Å². The van der Waals surface area contributed by atoms with Gasteiger partial charge in [0.2, 0.25) is 0 Å². The molecular formula is C12H14N4S. The predicted octanol–water partition coefficient (Wildman–Crippen LogP) is 2.43. The number of nitrogens with zero attached hydrogens (tertiary/aromatic N) is 3. The van der Waals surface area contributed by atoms with Gasteiger partial charge in [-0.05, 0) is 31.4 Å². The van der Waals surface area contributed by atoms with Gasteiger partial charge < -0.3 is 10.3 Å². The van der Waals surface area contributed by atoms with Crippen molar-refractivity contribution in [2.75, 3.05) is 5.73 Å². The van der Waals surface area contributed by atoms with Crippen molar-refractivity contribution in [1.82, 2.24) is 14.5 Å². The molecule has 1 aliphatic rings. The molecule has 2 N–H and O–H groups in total. The van der Waals surface area contributed by atoms with Gasteiger partial charge in [-0.1, -0.05) is 0 Å². The van der Waals surface area contributed by atoms with Gasteiger partial charge in [0, 0.05) is 23.8 Å². The average Bonchev–Trinajstić information content (AvgIpc) is 2.93. The second-order valence-corrected chi connectivity index (χ2v) is 5.05. The first-order valence-electron chi connectivity index (χ1n) is 5.76. The van der Waals surface area contributed by atoms with E-state index in [4.69, 9.17) is 5.73 Å². The summed E-state index contributed by atoms with van der Waals surface area (Å²) in [6.45, 7) is 1.08. The molecule has 0 spiro atoms. The summed E-state index contributed by atoms with van der Waals surface area (Å²) in [5, 5.41) is 2.56. The van der Waals surface area contributed by atoms with Crippen LogP contribution in [-0.2, 0) is 13.0 Å². The van der Waals surface area contributed by atoms with Crippen molar-refractivity contribution in [1.29, 1.82) is 0 Å². The minimum atomic E-state index is 0.606. The highest BCUT2D eigenvalue weighted by atomic mass is 32.1. The fraction of sp³-hybridized carbons (Fsp3) is 0.333. The normalized spacial score (nSPS) is 15.3. The molecule has 4 nitrogen and oxygen atoms in total. The van der Waals surface area contributed by atoms with Crippen molar-refractivity contribution >= 4 is 28.6 Å². The molecule has 0 atom stereocenters. The molecule has 0 aromatic carbocycles. The number of hydrogen-bond donors (Lipinski definition) is 1. The molecule has 17 heavy (non-hydrogen) atoms. The van der Waals surface area contributed by atoms with Crippen LogP contribution in [0, 0.1) is 0 Å². The average molecular weight is 246 g/mol. The fourth-order valence-electron chi connectivity index (χ4n) is 2.13. The maximum Gasteiger partial charge on any atom is 0.180 e. The molecule has 0 radical (unpaired) electrons. The number of aromatic nitrogens is 3. The SMILES string of the molecule is Nc1nc(C=Cc2ncc3n2CCCC3)cs1. The quantitative estimate of drug-likeness (QED) is 0.885. The third kappa shape index (κ3) is 2.10. The van der Waals surface area contributed by atoms with Crippen LogP contribution in [0.2, 0.25) is 0 Å². The van der Waals surface area contributed by atoms with Crippen molar-refractivity contribution < 1.29 is 0 Å². The van der Waals surface area contributed by atoms with Gasteiger partial charge >= 0.3 is 0 Å². The molecule has 0 saturated heterocycles. The van der Waals surface area contributed by atoms with Gasteiger partial charge in [0.25, 0.3) is 0 Å². The van der Waals surface area contributed by atoms with Gasteiger partial charge in [-0.15, -0.1) is 11.3 Å². The van der Waals surface area contributed by atoms with Crippen LogP contribution in [0.4, 0.5) is 5.13 Å². The van der Waals surface area contributed by atoms with Crippen LogP contribution in [-0.4, -0.2) is 14.5 Å². The first-order chi connectivity index (χ1) is 8.33. The Balaban J connectivity index is 1.85. The van der Waals surface area contributed by atoms with E-state index < -0.39 is 0 Å². The van der Waals surface area contributed by atoms with Crippen LogP contribution in [0.15, 0.2) is 11.6 Å². The number of rotatable bonds is 2. The van der Waals surface area contributed by atoms with E-state index in [1.54, 1.807) is 0 Å². The Labute approximate surface area is 104 Å². The summed E-state index contributed by atoms with van der Waals surface area (Å²) in [5.41, 5.74) is 7.84. The third-order valence-corrected chi connectivity index (χ3v) is 3.67. The van der Waals surface area contributed by atoms with Gasteiger partial charge in [0.1, 0.15) is 5.82 Å². The van der Waals surface area contributed by atoms with Crippen LogP contribution < -0.4 is 5.73 Å². The van der Waals surface area contributed by atoms with Crippen LogP contribution in [0.5, 0.6) is 0 Å². The number of anilines is 1. The highest BCUT2D eigenvalue weighted by Crippen LogP contribution is 2.18. The fourth-order valence-corrected chi connectivity index (χ4v) is 2.66. The van der Waals surface area contributed by atoms with Gasteiger partial charge in [0.15, 0.2) is 5.13 Å². The van der Waals surface area contributed by atoms with Crippen LogP contribution in [0.25, 0.3) is 12.2 Å². The van der Waals surface area contributed by atoms with Gasteiger partial charge in [-0.25, -0.2) is 9.97 Å². The number of nitrogens with two attached hydrogens (primary N) is 1. The Hall–Kier alpha value is -1.62. The Morgan fingerprint density at radius 3 is 3.12 bits per heavy atom. The Bertz CT molecular complexity index is 553. The van der Waals surface area contributed by atoms with Crippen LogP contribution in [0.1, 0.15) is 30.1 Å². The molecule has 0 fully saturated rings. The lowest BCUT2D eigenvalue weighted by molar-refractivity contribution is 0.529. The molecule has 0 amide bonds. The number of aryl methyl sites for hydroxylation is 1. The minimum absolute atomic E-state index is 0.606. The summed E-state index contributed by atoms with van der Waals surface area (Å²) in [6.07, 6.45) is 9.63. The molecule has 3 heterocycles. The lowest BCUT2D eigenvalue weighted by Crippen LogP contribution is -2.10. The molecular weight excluding hydrogens is 232 g/mol. The molecule has 3 rings (SSSR count). The zero-order chi connectivity index (χ0) is 11.7. The second kappa shape index (κ2) is 4.33. The van der Waals surface area contributed by atoms with Crippen LogP contribution in [0.3, 0.4) is 0 Å². The Morgan fingerprint density at radius 1 is 1.35 bits per heavy atom. The molecule has 0 bridgehead atoms. The van der Waals surface area contributed by atoms with Crippen molar-refractivity contribution in [3.05, 3.63) is 28.8 Å². The van der Waals surface area contributed by atoms with Crippen molar-refractivity contribution in [2.45, 2.75) is 25.8 Å². The van der Waals surface area contributed by atoms with Crippen LogP contribution >= 0.6 is 11.3 Å². The van der Waals surface area contributed by atoms with E-state index >= 15 is 0 Å². The Kier molecular flexibility index (Phi) is 2.68. The first-order valence-corrected chi connectivity index (χ1v) is 6.64. The van der Waals surface area contributed by atoms with Crippen molar-refractivity contribution in [3.8, 4) is 0 Å². The maximum atomic E-state index is 5.59. The molecule has 5 heteroatoms. The lowest BCUT2D eigenvalue weighted by Gasteiger charge is -2.14. The molecule has 0 saturated carbocycles. The maximum absolute atomic E-state index is 5.59. The van der Waals surface area contributed by atoms with E-state index in [-0.39, 0.29) is 0 Å². The van der Waals surface area contributed by atoms with E-state index in [1.165, 1.54) is 29.9 Å². The minimum Gasteiger partial charge on any atom is -0.375 e. The van der Waals surface area contributed by atoms with E-state index in [1.807, 2.05) is 23.7 Å². The molecule has 1 aliphatic heterocycles. The summed E-state index contributed by atoms with van der Waals surface area (Å²) in [4.78, 5) is 8.63. The van der Waals surface area contributed by atoms with Gasteiger partial charge in [-0.3, -0.25) is 0 Å². The first kappa shape index (κ1) is 10.5. The second-order valence-electron chi connectivity index (χ2n) is 4.16. The molecule has 88 valence electrons. The third-order valence-electron chi connectivity index (χ3n) is 2.98. The topological polar surface area (TPSA) is 56.7 Å².